The van der Waals surface area contributed by atoms with Crippen molar-refractivity contribution in [1.82, 2.24) is 19.9 Å². The molecule has 0 aliphatic carbocycles. The lowest BCUT2D eigenvalue weighted by Gasteiger charge is -2.24. The molecule has 38 heavy (non-hydrogen) atoms. The first-order valence-electron chi connectivity index (χ1n) is 12.5. The Balaban J connectivity index is 1.48. The number of ether oxygens (including phenoxy) is 1. The molecular formula is C28H32N6O3S. The molecule has 198 valence electrons. The first-order chi connectivity index (χ1) is 18.3. The number of hydrogen-bond acceptors (Lipinski definition) is 7. The van der Waals surface area contributed by atoms with Crippen LogP contribution in [-0.2, 0) is 10.0 Å². The second kappa shape index (κ2) is 10.5. The molecule has 0 radical (unpaired) electrons. The Labute approximate surface area is 223 Å². The Morgan fingerprint density at radius 2 is 2.00 bits per heavy atom. The minimum absolute atomic E-state index is 0.391. The van der Waals surface area contributed by atoms with Crippen LogP contribution in [0.3, 0.4) is 0 Å². The molecule has 10 heteroatoms. The number of nitrogens with zero attached hydrogens (tertiary/aromatic N) is 4. The quantitative estimate of drug-likeness (QED) is 0.339. The second-order valence-corrected chi connectivity index (χ2v) is 11.4. The van der Waals surface area contributed by atoms with Crippen LogP contribution in [0.1, 0.15) is 25.3 Å². The van der Waals surface area contributed by atoms with Crippen molar-refractivity contribution >= 4 is 38.4 Å². The molecule has 0 saturated heterocycles. The van der Waals surface area contributed by atoms with Crippen LogP contribution in [0.5, 0.6) is 5.75 Å². The summed E-state index contributed by atoms with van der Waals surface area (Å²) in [7, 11) is -0.240. The number of fused-ring (bicyclic) bond motifs is 1. The van der Waals surface area contributed by atoms with Gasteiger partial charge in [0, 0.05) is 25.2 Å². The molecular weight excluding hydrogens is 500 g/mol. The smallest absolute Gasteiger partial charge is 0.245 e. The van der Waals surface area contributed by atoms with E-state index in [0.29, 0.717) is 23.4 Å². The Bertz CT molecular complexity index is 1610. The number of hydrogen-bond donors (Lipinski definition) is 2. The van der Waals surface area contributed by atoms with Crippen LogP contribution in [0.2, 0.25) is 0 Å². The van der Waals surface area contributed by atoms with Crippen LogP contribution in [0.25, 0.3) is 22.3 Å². The Morgan fingerprint density at radius 1 is 1.18 bits per heavy atom. The van der Waals surface area contributed by atoms with Gasteiger partial charge in [0.2, 0.25) is 16.0 Å². The lowest BCUT2D eigenvalue weighted by atomic mass is 9.94. The molecule has 2 N–H and O–H groups in total. The van der Waals surface area contributed by atoms with Gasteiger partial charge in [-0.05, 0) is 54.3 Å². The van der Waals surface area contributed by atoms with Crippen molar-refractivity contribution in [2.45, 2.75) is 25.8 Å². The average Bonchev–Trinajstić information content (AvgIpc) is 3.35. The normalized spacial score (nSPS) is 15.8. The van der Waals surface area contributed by atoms with Gasteiger partial charge in [0.1, 0.15) is 5.75 Å². The van der Waals surface area contributed by atoms with Crippen molar-refractivity contribution in [3.8, 4) is 17.0 Å². The van der Waals surface area contributed by atoms with Crippen molar-refractivity contribution in [2.75, 3.05) is 36.6 Å². The minimum Gasteiger partial charge on any atom is -0.495 e. The van der Waals surface area contributed by atoms with Gasteiger partial charge in [-0.15, -0.1) is 5.10 Å². The van der Waals surface area contributed by atoms with Gasteiger partial charge in [-0.3, -0.25) is 4.31 Å². The Kier molecular flexibility index (Phi) is 7.09. The summed E-state index contributed by atoms with van der Waals surface area (Å²) in [6.07, 6.45) is 7.22. The van der Waals surface area contributed by atoms with Crippen LogP contribution in [0.15, 0.2) is 66.9 Å². The van der Waals surface area contributed by atoms with Gasteiger partial charge < -0.3 is 15.4 Å². The average molecular weight is 533 g/mol. The van der Waals surface area contributed by atoms with Crippen LogP contribution in [-0.4, -0.2) is 56.0 Å². The third kappa shape index (κ3) is 5.09. The maximum Gasteiger partial charge on any atom is 0.245 e. The zero-order chi connectivity index (χ0) is 26.9. The first-order valence-corrected chi connectivity index (χ1v) is 14.4. The molecule has 0 fully saturated rings. The highest BCUT2D eigenvalue weighted by atomic mass is 32.2. The summed E-state index contributed by atoms with van der Waals surface area (Å²) in [5.41, 5.74) is 6.06. The molecule has 0 amide bonds. The van der Waals surface area contributed by atoms with E-state index in [1.165, 1.54) is 16.1 Å². The molecule has 0 saturated carbocycles. The monoisotopic (exact) mass is 532 g/mol. The molecule has 1 aliphatic rings. The number of anilines is 3. The van der Waals surface area contributed by atoms with Gasteiger partial charge >= 0.3 is 0 Å². The van der Waals surface area contributed by atoms with Gasteiger partial charge in [-0.2, -0.15) is 0 Å². The largest absolute Gasteiger partial charge is 0.495 e. The number of para-hydroxylation sites is 1. The van der Waals surface area contributed by atoms with E-state index in [4.69, 9.17) is 9.84 Å². The van der Waals surface area contributed by atoms with Crippen LogP contribution in [0.4, 0.5) is 17.3 Å². The van der Waals surface area contributed by atoms with E-state index in [0.717, 1.165) is 47.4 Å². The minimum atomic E-state index is -3.44. The van der Waals surface area contributed by atoms with Crippen molar-refractivity contribution in [2.24, 2.45) is 0 Å². The highest BCUT2D eigenvalue weighted by Gasteiger charge is 2.19. The van der Waals surface area contributed by atoms with Crippen molar-refractivity contribution < 1.29 is 13.2 Å². The zero-order valence-corrected chi connectivity index (χ0v) is 22.8. The topological polar surface area (TPSA) is 101 Å². The summed E-state index contributed by atoms with van der Waals surface area (Å²) in [4.78, 5) is 4.49. The lowest BCUT2D eigenvalue weighted by molar-refractivity contribution is 0.416. The van der Waals surface area contributed by atoms with Crippen molar-refractivity contribution in [3.05, 3.63) is 72.4 Å². The fraction of sp³-hybridized carbons (Fsp3) is 0.286. The number of methoxy groups -OCH3 is 1. The standard InChI is InChI=1S/C28H32N6O3S/c1-5-21-16-20(14-15-29-21)19-10-12-24(27(17-19)37-3)31-28-30-18-22-11-13-26(34(22)32-28)23-8-6-7-9-25(23)33(2)38(4,35)36/h6-14,17-18,21,29H,5,15-16H2,1-4H3,(H,31,32). The van der Waals surface area contributed by atoms with Crippen molar-refractivity contribution in [3.63, 3.8) is 0 Å². The zero-order valence-electron chi connectivity index (χ0n) is 22.0. The van der Waals surface area contributed by atoms with Gasteiger partial charge in [-0.25, -0.2) is 17.9 Å². The number of nitrogens with one attached hydrogen (secondary N) is 2. The molecule has 4 aromatic rings. The van der Waals surface area contributed by atoms with Gasteiger partial charge in [0.15, 0.2) is 0 Å². The third-order valence-corrected chi connectivity index (χ3v) is 8.14. The summed E-state index contributed by atoms with van der Waals surface area (Å²) in [6, 6.07) is 17.8. The SMILES string of the molecule is CCC1CC(c2ccc(Nc3ncc4ccc(-c5ccccc5N(C)S(C)(=O)=O)n4n3)c(OC)c2)=CCN1. The molecule has 9 nitrogen and oxygen atoms in total. The Morgan fingerprint density at radius 3 is 2.76 bits per heavy atom. The van der Waals surface area contributed by atoms with E-state index in [2.05, 4.69) is 34.7 Å². The van der Waals surface area contributed by atoms with E-state index in [9.17, 15) is 8.42 Å². The van der Waals surface area contributed by atoms with Crippen molar-refractivity contribution in [1.29, 1.82) is 0 Å². The predicted octanol–water partition coefficient (Wildman–Crippen LogP) is 4.70. The van der Waals surface area contributed by atoms with Gasteiger partial charge in [0.25, 0.3) is 0 Å². The molecule has 5 rings (SSSR count). The van der Waals surface area contributed by atoms with Crippen LogP contribution >= 0.6 is 0 Å². The molecule has 2 aromatic heterocycles. The summed E-state index contributed by atoms with van der Waals surface area (Å²) in [5.74, 6) is 1.09. The fourth-order valence-electron chi connectivity index (χ4n) is 4.72. The van der Waals surface area contributed by atoms with Crippen LogP contribution < -0.4 is 19.7 Å². The van der Waals surface area contributed by atoms with E-state index >= 15 is 0 Å². The van der Waals surface area contributed by atoms with Gasteiger partial charge in [0.05, 0.1) is 42.1 Å². The molecule has 3 heterocycles. The van der Waals surface area contributed by atoms with Gasteiger partial charge in [-0.1, -0.05) is 37.3 Å². The second-order valence-electron chi connectivity index (χ2n) is 9.37. The molecule has 1 unspecified atom stereocenters. The maximum atomic E-state index is 12.3. The van der Waals surface area contributed by atoms with E-state index < -0.39 is 10.0 Å². The van der Waals surface area contributed by atoms with E-state index in [-0.39, 0.29) is 0 Å². The Hall–Kier alpha value is -3.89. The highest BCUT2D eigenvalue weighted by molar-refractivity contribution is 7.92. The number of benzene rings is 2. The van der Waals surface area contributed by atoms with Crippen LogP contribution in [0, 0.1) is 0 Å². The predicted molar refractivity (Wildman–Crippen MR) is 153 cm³/mol. The number of sulfonamides is 1. The molecule has 2 aromatic carbocycles. The molecule has 0 spiro atoms. The third-order valence-electron chi connectivity index (χ3n) is 6.95. The number of aromatic nitrogens is 3. The first kappa shape index (κ1) is 25.7. The maximum absolute atomic E-state index is 12.3. The molecule has 0 bridgehead atoms. The van der Waals surface area contributed by atoms with E-state index in [1.54, 1.807) is 30.9 Å². The summed E-state index contributed by atoms with van der Waals surface area (Å²) in [5, 5.41) is 11.5. The summed E-state index contributed by atoms with van der Waals surface area (Å²) >= 11 is 0. The highest BCUT2D eigenvalue weighted by Crippen LogP contribution is 2.34. The molecule has 1 atom stereocenters. The summed E-state index contributed by atoms with van der Waals surface area (Å²) < 4.78 is 33.3. The summed E-state index contributed by atoms with van der Waals surface area (Å²) in [6.45, 7) is 3.07. The molecule has 1 aliphatic heterocycles. The lowest BCUT2D eigenvalue weighted by Crippen LogP contribution is -2.32. The fourth-order valence-corrected chi connectivity index (χ4v) is 5.23. The van der Waals surface area contributed by atoms with E-state index in [1.807, 2.05) is 42.5 Å². The number of rotatable bonds is 8.